The van der Waals surface area contributed by atoms with Crippen molar-refractivity contribution in [1.29, 1.82) is 0 Å². The Morgan fingerprint density at radius 2 is 2.00 bits per heavy atom. The Balaban J connectivity index is 2.83. The summed E-state index contributed by atoms with van der Waals surface area (Å²) in [6.45, 7) is 0.678. The minimum Gasteiger partial charge on any atom is -0.297 e. The molecule has 0 atom stereocenters. The molecule has 8 heteroatoms. The summed E-state index contributed by atoms with van der Waals surface area (Å²) in [5.74, 6) is -3.12. The van der Waals surface area contributed by atoms with Crippen molar-refractivity contribution in [2.24, 2.45) is 0 Å². The van der Waals surface area contributed by atoms with Crippen molar-refractivity contribution in [3.8, 4) is 0 Å². The molecule has 0 radical (unpaired) electrons. The summed E-state index contributed by atoms with van der Waals surface area (Å²) in [6, 6.07) is 0. The van der Waals surface area contributed by atoms with E-state index in [1.807, 2.05) is 4.98 Å². The summed E-state index contributed by atoms with van der Waals surface area (Å²) >= 11 is 0.596. The van der Waals surface area contributed by atoms with E-state index in [9.17, 15) is 18.4 Å². The predicted molar refractivity (Wildman–Crippen MR) is 50.4 cm³/mol. The third-order valence-electron chi connectivity index (χ3n) is 1.67. The lowest BCUT2D eigenvalue weighted by Crippen LogP contribution is -2.21. The largest absolute Gasteiger partial charge is 0.326 e. The number of hydrogen-bond donors (Lipinski definition) is 2. The second-order valence-corrected chi connectivity index (χ2v) is 3.99. The molecule has 0 aliphatic heterocycles. The van der Waals surface area contributed by atoms with E-state index >= 15 is 0 Å². The molecular formula is C7H5F2N3O2S. The quantitative estimate of drug-likeness (QED) is 0.764. The Bertz CT molecular complexity index is 621. The molecule has 2 N–H and O–H groups in total. The predicted octanol–water partition coefficient (Wildman–Crippen LogP) is 0.785. The molecule has 2 rings (SSSR count). The van der Waals surface area contributed by atoms with Crippen molar-refractivity contribution in [3.63, 3.8) is 0 Å². The SMILES string of the molecule is CC(F)(F)c1nc2c(=O)[nH]c(=O)[nH]c2s1. The van der Waals surface area contributed by atoms with Gasteiger partial charge in [0.15, 0.2) is 10.5 Å². The summed E-state index contributed by atoms with van der Waals surface area (Å²) in [5, 5.41) is -0.496. The van der Waals surface area contributed by atoms with E-state index in [-0.39, 0.29) is 10.3 Å². The van der Waals surface area contributed by atoms with Gasteiger partial charge in [0.05, 0.1) is 0 Å². The molecule has 0 saturated carbocycles. The number of rotatable bonds is 1. The fraction of sp³-hybridized carbons (Fsp3) is 0.286. The van der Waals surface area contributed by atoms with Crippen LogP contribution in [0.25, 0.3) is 10.3 Å². The van der Waals surface area contributed by atoms with Crippen molar-refractivity contribution in [2.75, 3.05) is 0 Å². The molecule has 15 heavy (non-hydrogen) atoms. The van der Waals surface area contributed by atoms with Crippen LogP contribution in [0.1, 0.15) is 11.9 Å². The Morgan fingerprint density at radius 1 is 1.33 bits per heavy atom. The molecule has 2 aromatic rings. The molecule has 0 aliphatic rings. The first-order chi connectivity index (χ1) is 6.88. The number of aromatic nitrogens is 3. The van der Waals surface area contributed by atoms with E-state index in [0.717, 1.165) is 0 Å². The molecule has 80 valence electrons. The monoisotopic (exact) mass is 233 g/mol. The van der Waals surface area contributed by atoms with Gasteiger partial charge < -0.3 is 0 Å². The number of H-pyrrole nitrogens is 2. The number of alkyl halides is 2. The van der Waals surface area contributed by atoms with Crippen LogP contribution in [0.3, 0.4) is 0 Å². The Hall–Kier alpha value is -1.57. The number of nitrogens with one attached hydrogen (secondary N) is 2. The molecule has 2 aromatic heterocycles. The van der Waals surface area contributed by atoms with Gasteiger partial charge in [-0.1, -0.05) is 11.3 Å². The summed E-state index contributed by atoms with van der Waals surface area (Å²) in [7, 11) is 0. The first kappa shape index (κ1) is 9.97. The van der Waals surface area contributed by atoms with Gasteiger partial charge in [0, 0.05) is 6.92 Å². The van der Waals surface area contributed by atoms with E-state index in [1.165, 1.54) is 0 Å². The molecule has 2 heterocycles. The van der Waals surface area contributed by atoms with Gasteiger partial charge in [0.2, 0.25) is 0 Å². The van der Waals surface area contributed by atoms with Crippen LogP contribution in [-0.4, -0.2) is 15.0 Å². The highest BCUT2D eigenvalue weighted by molar-refractivity contribution is 7.18. The van der Waals surface area contributed by atoms with E-state index in [4.69, 9.17) is 0 Å². The molecule has 0 aliphatic carbocycles. The van der Waals surface area contributed by atoms with Crippen LogP contribution in [0.4, 0.5) is 8.78 Å². The number of fused-ring (bicyclic) bond motifs is 1. The van der Waals surface area contributed by atoms with Crippen molar-refractivity contribution < 1.29 is 8.78 Å². The number of nitrogens with zero attached hydrogens (tertiary/aromatic N) is 1. The highest BCUT2D eigenvalue weighted by atomic mass is 32.1. The van der Waals surface area contributed by atoms with Crippen LogP contribution in [0.15, 0.2) is 9.59 Å². The normalized spacial score (nSPS) is 12.2. The highest BCUT2D eigenvalue weighted by Gasteiger charge is 2.29. The summed E-state index contributed by atoms with van der Waals surface area (Å²) in [4.78, 5) is 29.7. The first-order valence-corrected chi connectivity index (χ1v) is 4.71. The zero-order valence-electron chi connectivity index (χ0n) is 7.43. The molecule has 0 spiro atoms. The summed E-state index contributed by atoms with van der Waals surface area (Å²) in [6.07, 6.45) is 0. The molecule has 0 fully saturated rings. The van der Waals surface area contributed by atoms with Crippen LogP contribution in [0.5, 0.6) is 0 Å². The third kappa shape index (κ3) is 1.67. The maximum atomic E-state index is 12.9. The Kier molecular flexibility index (Phi) is 1.97. The van der Waals surface area contributed by atoms with Crippen LogP contribution in [0, 0.1) is 0 Å². The maximum absolute atomic E-state index is 12.9. The van der Waals surface area contributed by atoms with Gasteiger partial charge in [-0.25, -0.2) is 9.78 Å². The fourth-order valence-electron chi connectivity index (χ4n) is 1.04. The van der Waals surface area contributed by atoms with E-state index in [2.05, 4.69) is 9.97 Å². The first-order valence-electron chi connectivity index (χ1n) is 3.89. The molecule has 5 nitrogen and oxygen atoms in total. The standard InChI is InChI=1S/C7H5F2N3O2S/c1-7(8,9)5-10-2-3(13)11-6(14)12-4(2)15-5/h1H3,(H2,11,12,13,14). The number of thiazole rings is 1. The van der Waals surface area contributed by atoms with Gasteiger partial charge in [-0.2, -0.15) is 8.78 Å². The maximum Gasteiger partial charge on any atom is 0.326 e. The van der Waals surface area contributed by atoms with Crippen LogP contribution in [-0.2, 0) is 5.92 Å². The molecule has 0 aromatic carbocycles. The Labute approximate surface area is 84.8 Å². The number of aromatic amines is 2. The molecule has 0 unspecified atom stereocenters. The minimum absolute atomic E-state index is 0.0558. The van der Waals surface area contributed by atoms with Crippen LogP contribution < -0.4 is 11.2 Å². The summed E-state index contributed by atoms with van der Waals surface area (Å²) < 4.78 is 25.7. The fourth-order valence-corrected chi connectivity index (χ4v) is 1.93. The van der Waals surface area contributed by atoms with Crippen LogP contribution in [0.2, 0.25) is 0 Å². The molecule has 0 bridgehead atoms. The van der Waals surface area contributed by atoms with Crippen molar-refractivity contribution in [3.05, 3.63) is 25.8 Å². The zero-order valence-corrected chi connectivity index (χ0v) is 8.24. The number of halogens is 2. The van der Waals surface area contributed by atoms with Gasteiger partial charge in [-0.15, -0.1) is 0 Å². The van der Waals surface area contributed by atoms with Gasteiger partial charge in [-0.05, 0) is 0 Å². The topological polar surface area (TPSA) is 78.6 Å². The molecular weight excluding hydrogens is 228 g/mol. The van der Waals surface area contributed by atoms with E-state index in [0.29, 0.717) is 18.3 Å². The average molecular weight is 233 g/mol. The van der Waals surface area contributed by atoms with Gasteiger partial charge >= 0.3 is 5.69 Å². The van der Waals surface area contributed by atoms with Gasteiger partial charge in [0.25, 0.3) is 11.5 Å². The molecule has 0 saturated heterocycles. The molecule has 0 amide bonds. The van der Waals surface area contributed by atoms with Crippen molar-refractivity contribution in [2.45, 2.75) is 12.8 Å². The summed E-state index contributed by atoms with van der Waals surface area (Å²) in [5.41, 5.74) is -1.67. The van der Waals surface area contributed by atoms with Crippen molar-refractivity contribution >= 4 is 21.7 Å². The second-order valence-electron chi connectivity index (χ2n) is 2.99. The second kappa shape index (κ2) is 2.96. The number of hydrogen-bond acceptors (Lipinski definition) is 4. The van der Waals surface area contributed by atoms with Gasteiger partial charge in [-0.3, -0.25) is 14.8 Å². The Morgan fingerprint density at radius 3 is 2.60 bits per heavy atom. The lowest BCUT2D eigenvalue weighted by molar-refractivity contribution is 0.0174. The minimum atomic E-state index is -3.12. The van der Waals surface area contributed by atoms with E-state index < -0.39 is 22.2 Å². The smallest absolute Gasteiger partial charge is 0.297 e. The average Bonchev–Trinajstić information content (AvgIpc) is 2.46. The highest BCUT2D eigenvalue weighted by Crippen LogP contribution is 2.31. The third-order valence-corrected chi connectivity index (χ3v) is 2.81. The van der Waals surface area contributed by atoms with Crippen molar-refractivity contribution in [1.82, 2.24) is 15.0 Å². The van der Waals surface area contributed by atoms with E-state index in [1.54, 1.807) is 0 Å². The lowest BCUT2D eigenvalue weighted by Gasteiger charge is -2.02. The zero-order chi connectivity index (χ0) is 11.2. The van der Waals surface area contributed by atoms with Crippen LogP contribution >= 0.6 is 11.3 Å². The lowest BCUT2D eigenvalue weighted by atomic mass is 10.4. The van der Waals surface area contributed by atoms with Gasteiger partial charge in [0.1, 0.15) is 4.83 Å².